The molecule has 7 heteroatoms. The molecule has 0 spiro atoms. The van der Waals surface area contributed by atoms with Gasteiger partial charge in [0.15, 0.2) is 0 Å². The second-order valence-corrected chi connectivity index (χ2v) is 4.53. The molecule has 0 bridgehead atoms. The van der Waals surface area contributed by atoms with E-state index in [1.165, 1.54) is 25.9 Å². The van der Waals surface area contributed by atoms with Crippen molar-refractivity contribution in [2.75, 3.05) is 33.2 Å². The van der Waals surface area contributed by atoms with Gasteiger partial charge >= 0.3 is 0 Å². The first-order chi connectivity index (χ1) is 7.88. The van der Waals surface area contributed by atoms with E-state index in [0.29, 0.717) is 0 Å². The Balaban J connectivity index is 0.00000144. The number of likely N-dealkylation sites (tertiary alicyclic amines) is 1. The van der Waals surface area contributed by atoms with Crippen molar-refractivity contribution in [2.45, 2.75) is 19.4 Å². The Kier molecular flexibility index (Phi) is 9.36. The molecule has 0 aliphatic carbocycles. The van der Waals surface area contributed by atoms with Gasteiger partial charge in [-0.1, -0.05) is 0 Å². The topological polar surface area (TPSA) is 46.0 Å². The van der Waals surface area contributed by atoms with E-state index in [4.69, 9.17) is 0 Å². The molecule has 1 aromatic rings. The van der Waals surface area contributed by atoms with E-state index in [2.05, 4.69) is 20.3 Å². The lowest BCUT2D eigenvalue weighted by Gasteiger charge is -2.32. The molecule has 106 valence electrons. The zero-order valence-electron chi connectivity index (χ0n) is 10.8. The van der Waals surface area contributed by atoms with Crippen LogP contribution in [0, 0.1) is 5.92 Å². The molecule has 1 atom stereocenters. The maximum atomic E-state index is 4.12. The van der Waals surface area contributed by atoms with Crippen molar-refractivity contribution < 1.29 is 0 Å². The molecule has 1 N–H and O–H groups in total. The third-order valence-corrected chi connectivity index (χ3v) is 3.21. The van der Waals surface area contributed by atoms with E-state index in [1.54, 1.807) is 12.7 Å². The highest BCUT2D eigenvalue weighted by Gasteiger charge is 2.18. The van der Waals surface area contributed by atoms with Gasteiger partial charge in [-0.25, -0.2) is 4.98 Å². The van der Waals surface area contributed by atoms with Crippen molar-refractivity contribution in [2.24, 2.45) is 5.92 Å². The predicted octanol–water partition coefficient (Wildman–Crippen LogP) is 1.05. The van der Waals surface area contributed by atoms with Crippen LogP contribution in [0.3, 0.4) is 0 Å². The minimum atomic E-state index is 0. The number of halogens is 2. The molecule has 0 saturated carbocycles. The first-order valence-corrected chi connectivity index (χ1v) is 6.08. The van der Waals surface area contributed by atoms with E-state index in [0.717, 1.165) is 25.6 Å². The third kappa shape index (κ3) is 5.52. The number of hydrogen-bond acceptors (Lipinski definition) is 4. The highest BCUT2D eigenvalue weighted by molar-refractivity contribution is 5.85. The molecular formula is C11H23Cl2N5. The van der Waals surface area contributed by atoms with E-state index in [9.17, 15) is 0 Å². The Bertz CT molecular complexity index is 292. The summed E-state index contributed by atoms with van der Waals surface area (Å²) >= 11 is 0. The van der Waals surface area contributed by atoms with Gasteiger partial charge in [0.05, 0.1) is 6.54 Å². The molecule has 1 saturated heterocycles. The van der Waals surface area contributed by atoms with Crippen LogP contribution >= 0.6 is 24.8 Å². The average molecular weight is 296 g/mol. The third-order valence-electron chi connectivity index (χ3n) is 3.21. The van der Waals surface area contributed by atoms with Crippen LogP contribution in [0.5, 0.6) is 0 Å². The zero-order chi connectivity index (χ0) is 11.2. The van der Waals surface area contributed by atoms with Gasteiger partial charge in [0.25, 0.3) is 0 Å². The van der Waals surface area contributed by atoms with Crippen LogP contribution in [-0.2, 0) is 6.54 Å². The Hall–Kier alpha value is -0.360. The molecule has 1 fully saturated rings. The van der Waals surface area contributed by atoms with Crippen LogP contribution in [0.2, 0.25) is 0 Å². The van der Waals surface area contributed by atoms with Crippen LogP contribution in [0.4, 0.5) is 0 Å². The number of nitrogens with one attached hydrogen (secondary N) is 1. The number of nitrogens with zero attached hydrogens (tertiary/aromatic N) is 4. The van der Waals surface area contributed by atoms with Gasteiger partial charge in [0, 0.05) is 13.1 Å². The van der Waals surface area contributed by atoms with Gasteiger partial charge in [-0.05, 0) is 38.9 Å². The Morgan fingerprint density at radius 3 is 2.83 bits per heavy atom. The molecule has 2 heterocycles. The largest absolute Gasteiger partial charge is 0.319 e. The average Bonchev–Trinajstić information content (AvgIpc) is 2.80. The lowest BCUT2D eigenvalue weighted by Crippen LogP contribution is -2.40. The van der Waals surface area contributed by atoms with Crippen LogP contribution in [-0.4, -0.2) is 52.9 Å². The summed E-state index contributed by atoms with van der Waals surface area (Å²) in [7, 11) is 2.04. The highest BCUT2D eigenvalue weighted by Crippen LogP contribution is 2.15. The molecule has 1 aliphatic heterocycles. The fourth-order valence-corrected chi connectivity index (χ4v) is 2.40. The molecule has 1 aromatic heterocycles. The van der Waals surface area contributed by atoms with E-state index in [-0.39, 0.29) is 24.8 Å². The van der Waals surface area contributed by atoms with Gasteiger partial charge in [0.1, 0.15) is 12.7 Å². The van der Waals surface area contributed by atoms with E-state index in [1.807, 2.05) is 11.7 Å². The molecule has 1 unspecified atom stereocenters. The van der Waals surface area contributed by atoms with Crippen LogP contribution < -0.4 is 5.32 Å². The van der Waals surface area contributed by atoms with Crippen LogP contribution in [0.15, 0.2) is 12.7 Å². The molecule has 5 nitrogen and oxygen atoms in total. The normalized spacial score (nSPS) is 19.9. The minimum absolute atomic E-state index is 0. The van der Waals surface area contributed by atoms with Crippen LogP contribution in [0.1, 0.15) is 12.8 Å². The van der Waals surface area contributed by atoms with Crippen molar-refractivity contribution in [3.8, 4) is 0 Å². The second-order valence-electron chi connectivity index (χ2n) is 4.53. The molecule has 1 aliphatic rings. The number of hydrogen-bond donors (Lipinski definition) is 1. The molecule has 0 radical (unpaired) electrons. The fraction of sp³-hybridized carbons (Fsp3) is 0.818. The number of piperidine rings is 1. The first-order valence-electron chi connectivity index (χ1n) is 6.08. The summed E-state index contributed by atoms with van der Waals surface area (Å²) in [6.45, 7) is 5.63. The Morgan fingerprint density at radius 2 is 2.17 bits per heavy atom. The summed E-state index contributed by atoms with van der Waals surface area (Å²) in [5.41, 5.74) is 0. The Morgan fingerprint density at radius 1 is 1.33 bits per heavy atom. The van der Waals surface area contributed by atoms with Crippen molar-refractivity contribution >= 4 is 24.8 Å². The van der Waals surface area contributed by atoms with E-state index < -0.39 is 0 Å². The van der Waals surface area contributed by atoms with Crippen molar-refractivity contribution in [3.63, 3.8) is 0 Å². The van der Waals surface area contributed by atoms with E-state index >= 15 is 0 Å². The summed E-state index contributed by atoms with van der Waals surface area (Å²) in [4.78, 5) is 6.49. The quantitative estimate of drug-likeness (QED) is 0.882. The second kappa shape index (κ2) is 9.55. The summed E-state index contributed by atoms with van der Waals surface area (Å²) in [5, 5.41) is 7.40. The summed E-state index contributed by atoms with van der Waals surface area (Å²) in [5.74, 6) is 0.814. The lowest BCUT2D eigenvalue weighted by molar-refractivity contribution is 0.167. The van der Waals surface area contributed by atoms with Crippen molar-refractivity contribution in [3.05, 3.63) is 12.7 Å². The van der Waals surface area contributed by atoms with Gasteiger partial charge < -0.3 is 10.2 Å². The zero-order valence-corrected chi connectivity index (χ0v) is 12.4. The maximum absolute atomic E-state index is 4.12. The molecular weight excluding hydrogens is 273 g/mol. The molecule has 0 aromatic carbocycles. The van der Waals surface area contributed by atoms with Gasteiger partial charge in [-0.2, -0.15) is 5.10 Å². The first kappa shape index (κ1) is 17.6. The number of rotatable bonds is 5. The standard InChI is InChI=1S/C11H21N5.2ClH/c1-12-7-11-3-2-4-15(8-11)5-6-16-10-13-9-14-16;;/h9-12H,2-8H2,1H3;2*1H. The smallest absolute Gasteiger partial charge is 0.137 e. The van der Waals surface area contributed by atoms with Crippen molar-refractivity contribution in [1.82, 2.24) is 25.0 Å². The number of aromatic nitrogens is 3. The molecule has 0 amide bonds. The van der Waals surface area contributed by atoms with Gasteiger partial charge in [-0.15, -0.1) is 24.8 Å². The molecule has 2 rings (SSSR count). The predicted molar refractivity (Wildman–Crippen MR) is 77.6 cm³/mol. The summed E-state index contributed by atoms with van der Waals surface area (Å²) in [6.07, 6.45) is 6.07. The van der Waals surface area contributed by atoms with Crippen LogP contribution in [0.25, 0.3) is 0 Å². The van der Waals surface area contributed by atoms with Gasteiger partial charge in [0.2, 0.25) is 0 Å². The highest BCUT2D eigenvalue weighted by atomic mass is 35.5. The summed E-state index contributed by atoms with van der Waals surface area (Å²) in [6, 6.07) is 0. The lowest BCUT2D eigenvalue weighted by atomic mass is 9.98. The maximum Gasteiger partial charge on any atom is 0.137 e. The molecule has 18 heavy (non-hydrogen) atoms. The van der Waals surface area contributed by atoms with Crippen molar-refractivity contribution in [1.29, 1.82) is 0 Å². The monoisotopic (exact) mass is 295 g/mol. The Labute approximate surface area is 121 Å². The fourth-order valence-electron chi connectivity index (χ4n) is 2.40. The summed E-state index contributed by atoms with van der Waals surface area (Å²) < 4.78 is 1.90. The van der Waals surface area contributed by atoms with Gasteiger partial charge in [-0.3, -0.25) is 4.68 Å². The minimum Gasteiger partial charge on any atom is -0.319 e. The SMILES string of the molecule is CNCC1CCCN(CCn2cncn2)C1.Cl.Cl.